The second kappa shape index (κ2) is 5.20. The maximum atomic E-state index is 9.20. The SMILES string of the molecule is COc1ccc(CC(O)CO)cc1Cl. The molecule has 0 spiro atoms. The minimum Gasteiger partial charge on any atom is -0.495 e. The van der Waals surface area contributed by atoms with E-state index >= 15 is 0 Å². The molecule has 78 valence electrons. The average molecular weight is 217 g/mol. The van der Waals surface area contributed by atoms with Gasteiger partial charge in [-0.25, -0.2) is 0 Å². The third-order valence-electron chi connectivity index (χ3n) is 1.90. The third kappa shape index (κ3) is 2.87. The first kappa shape index (κ1) is 11.3. The molecule has 3 nitrogen and oxygen atoms in total. The van der Waals surface area contributed by atoms with E-state index in [0.717, 1.165) is 5.56 Å². The summed E-state index contributed by atoms with van der Waals surface area (Å²) in [6.45, 7) is -0.246. The molecule has 0 bridgehead atoms. The second-order valence-corrected chi connectivity index (χ2v) is 3.42. The second-order valence-electron chi connectivity index (χ2n) is 3.01. The molecule has 1 aromatic carbocycles. The van der Waals surface area contributed by atoms with Gasteiger partial charge in [-0.1, -0.05) is 17.7 Å². The van der Waals surface area contributed by atoms with E-state index in [0.29, 0.717) is 17.2 Å². The molecule has 2 N–H and O–H groups in total. The van der Waals surface area contributed by atoms with Crippen LogP contribution in [0.5, 0.6) is 5.75 Å². The molecule has 0 amide bonds. The molecule has 0 aliphatic rings. The predicted octanol–water partition coefficient (Wildman–Crippen LogP) is 1.24. The molecule has 1 aromatic rings. The van der Waals surface area contributed by atoms with Crippen molar-refractivity contribution in [3.8, 4) is 5.75 Å². The number of hydrogen-bond acceptors (Lipinski definition) is 3. The summed E-state index contributed by atoms with van der Waals surface area (Å²) >= 11 is 5.89. The highest BCUT2D eigenvalue weighted by Gasteiger charge is 2.06. The number of rotatable bonds is 4. The van der Waals surface area contributed by atoms with Crippen LogP contribution in [-0.2, 0) is 6.42 Å². The van der Waals surface area contributed by atoms with Crippen LogP contribution in [0, 0.1) is 0 Å². The summed E-state index contributed by atoms with van der Waals surface area (Å²) in [6, 6.07) is 5.27. The fourth-order valence-corrected chi connectivity index (χ4v) is 1.45. The van der Waals surface area contributed by atoms with E-state index in [4.69, 9.17) is 21.4 Å². The Labute approximate surface area is 87.9 Å². The molecule has 1 atom stereocenters. The van der Waals surface area contributed by atoms with Gasteiger partial charge in [-0.2, -0.15) is 0 Å². The first-order valence-corrected chi connectivity index (χ1v) is 4.66. The lowest BCUT2D eigenvalue weighted by Crippen LogP contribution is -2.14. The van der Waals surface area contributed by atoms with Crippen LogP contribution in [0.25, 0.3) is 0 Å². The Morgan fingerprint density at radius 1 is 1.50 bits per heavy atom. The molecule has 0 saturated heterocycles. The summed E-state index contributed by atoms with van der Waals surface area (Å²) in [5, 5.41) is 18.4. The topological polar surface area (TPSA) is 49.7 Å². The molecule has 0 fully saturated rings. The van der Waals surface area contributed by atoms with Gasteiger partial charge in [0.25, 0.3) is 0 Å². The minimum atomic E-state index is -0.737. The van der Waals surface area contributed by atoms with E-state index < -0.39 is 6.10 Å². The molecular formula is C10H13ClO3. The highest BCUT2D eigenvalue weighted by molar-refractivity contribution is 6.32. The van der Waals surface area contributed by atoms with Crippen LogP contribution in [0.15, 0.2) is 18.2 Å². The number of aliphatic hydroxyl groups excluding tert-OH is 2. The van der Waals surface area contributed by atoms with Crippen LogP contribution in [0.1, 0.15) is 5.56 Å². The van der Waals surface area contributed by atoms with Crippen LogP contribution in [-0.4, -0.2) is 30.0 Å². The Bertz CT molecular complexity index is 301. The van der Waals surface area contributed by atoms with E-state index in [1.807, 2.05) is 6.07 Å². The lowest BCUT2D eigenvalue weighted by Gasteiger charge is -2.08. The summed E-state index contributed by atoms with van der Waals surface area (Å²) in [7, 11) is 1.55. The Kier molecular flexibility index (Phi) is 4.20. The van der Waals surface area contributed by atoms with Crippen molar-refractivity contribution in [3.63, 3.8) is 0 Å². The van der Waals surface area contributed by atoms with Gasteiger partial charge in [-0.15, -0.1) is 0 Å². The van der Waals surface area contributed by atoms with Crippen molar-refractivity contribution in [1.82, 2.24) is 0 Å². The first-order valence-electron chi connectivity index (χ1n) is 4.28. The van der Waals surface area contributed by atoms with E-state index in [2.05, 4.69) is 0 Å². The predicted molar refractivity (Wildman–Crippen MR) is 54.8 cm³/mol. The van der Waals surface area contributed by atoms with Gasteiger partial charge in [0.1, 0.15) is 5.75 Å². The largest absolute Gasteiger partial charge is 0.495 e. The number of halogens is 1. The number of benzene rings is 1. The Morgan fingerprint density at radius 2 is 2.21 bits per heavy atom. The first-order chi connectivity index (χ1) is 6.67. The van der Waals surface area contributed by atoms with E-state index in [1.165, 1.54) is 0 Å². The molecule has 1 rings (SSSR count). The third-order valence-corrected chi connectivity index (χ3v) is 2.19. The van der Waals surface area contributed by atoms with Crippen molar-refractivity contribution < 1.29 is 14.9 Å². The lowest BCUT2D eigenvalue weighted by molar-refractivity contribution is 0.0955. The van der Waals surface area contributed by atoms with Crippen LogP contribution < -0.4 is 4.74 Å². The molecule has 0 saturated carbocycles. The van der Waals surface area contributed by atoms with Gasteiger partial charge in [-0.05, 0) is 17.7 Å². The zero-order valence-corrected chi connectivity index (χ0v) is 8.66. The summed E-state index contributed by atoms with van der Waals surface area (Å²) < 4.78 is 4.99. The summed E-state index contributed by atoms with van der Waals surface area (Å²) in [5.74, 6) is 0.605. The van der Waals surface area contributed by atoms with Crippen molar-refractivity contribution in [2.24, 2.45) is 0 Å². The van der Waals surface area contributed by atoms with Gasteiger partial charge < -0.3 is 14.9 Å². The van der Waals surface area contributed by atoms with Crippen LogP contribution in [0.2, 0.25) is 5.02 Å². The number of hydrogen-bond donors (Lipinski definition) is 2. The molecule has 14 heavy (non-hydrogen) atoms. The monoisotopic (exact) mass is 216 g/mol. The normalized spacial score (nSPS) is 12.6. The number of ether oxygens (including phenoxy) is 1. The minimum absolute atomic E-state index is 0.246. The summed E-state index contributed by atoms with van der Waals surface area (Å²) in [4.78, 5) is 0. The van der Waals surface area contributed by atoms with Crippen LogP contribution in [0.3, 0.4) is 0 Å². The quantitative estimate of drug-likeness (QED) is 0.797. The Balaban J connectivity index is 2.76. The molecule has 0 aliphatic carbocycles. The standard InChI is InChI=1S/C10H13ClO3/c1-14-10-3-2-7(5-9(10)11)4-8(13)6-12/h2-3,5,8,12-13H,4,6H2,1H3. The van der Waals surface area contributed by atoms with Gasteiger partial charge in [0.05, 0.1) is 24.8 Å². The van der Waals surface area contributed by atoms with Crippen LogP contribution >= 0.6 is 11.6 Å². The maximum Gasteiger partial charge on any atom is 0.137 e. The Morgan fingerprint density at radius 3 is 2.71 bits per heavy atom. The highest BCUT2D eigenvalue weighted by atomic mass is 35.5. The van der Waals surface area contributed by atoms with E-state index in [-0.39, 0.29) is 6.61 Å². The van der Waals surface area contributed by atoms with Crippen molar-refractivity contribution >= 4 is 11.6 Å². The number of methoxy groups -OCH3 is 1. The van der Waals surface area contributed by atoms with Gasteiger partial charge >= 0.3 is 0 Å². The summed E-state index contributed by atoms with van der Waals surface area (Å²) in [6.07, 6.45) is -0.348. The molecule has 0 aromatic heterocycles. The smallest absolute Gasteiger partial charge is 0.137 e. The van der Waals surface area contributed by atoms with Gasteiger partial charge in [-0.3, -0.25) is 0 Å². The van der Waals surface area contributed by atoms with Crippen molar-refractivity contribution in [2.75, 3.05) is 13.7 Å². The Hall–Kier alpha value is -0.770. The van der Waals surface area contributed by atoms with Crippen molar-refractivity contribution in [2.45, 2.75) is 12.5 Å². The lowest BCUT2D eigenvalue weighted by atomic mass is 10.1. The molecule has 0 heterocycles. The van der Waals surface area contributed by atoms with E-state index in [9.17, 15) is 5.11 Å². The highest BCUT2D eigenvalue weighted by Crippen LogP contribution is 2.25. The van der Waals surface area contributed by atoms with Gasteiger partial charge in [0, 0.05) is 6.42 Å². The van der Waals surface area contributed by atoms with E-state index in [1.54, 1.807) is 19.2 Å². The van der Waals surface area contributed by atoms with Crippen molar-refractivity contribution in [1.29, 1.82) is 0 Å². The molecule has 0 aliphatic heterocycles. The zero-order chi connectivity index (χ0) is 10.6. The molecule has 1 unspecified atom stereocenters. The van der Waals surface area contributed by atoms with Gasteiger partial charge in [0.2, 0.25) is 0 Å². The summed E-state index contributed by atoms with van der Waals surface area (Å²) in [5.41, 5.74) is 0.873. The molecular weight excluding hydrogens is 204 g/mol. The van der Waals surface area contributed by atoms with Gasteiger partial charge in [0.15, 0.2) is 0 Å². The van der Waals surface area contributed by atoms with Crippen LogP contribution in [0.4, 0.5) is 0 Å². The fourth-order valence-electron chi connectivity index (χ4n) is 1.17. The number of aliphatic hydroxyl groups is 2. The molecule has 4 heteroatoms. The maximum absolute atomic E-state index is 9.20. The average Bonchev–Trinajstić information content (AvgIpc) is 2.18. The molecule has 0 radical (unpaired) electrons. The zero-order valence-electron chi connectivity index (χ0n) is 7.90. The fraction of sp³-hybridized carbons (Fsp3) is 0.400. The van der Waals surface area contributed by atoms with Crippen molar-refractivity contribution in [3.05, 3.63) is 28.8 Å².